The van der Waals surface area contributed by atoms with Gasteiger partial charge in [-0.15, -0.1) is 13.2 Å². The molecule has 1 N–H and O–H groups in total. The van der Waals surface area contributed by atoms with Gasteiger partial charge >= 0.3 is 11.8 Å². The lowest BCUT2D eigenvalue weighted by molar-refractivity contribution is -0.145. The zero-order chi connectivity index (χ0) is 12.4. The summed E-state index contributed by atoms with van der Waals surface area (Å²) < 4.78 is 4.76. The van der Waals surface area contributed by atoms with E-state index < -0.39 is 11.8 Å². The number of amides is 2. The molecule has 0 radical (unpaired) electrons. The number of carbonyl (C=O) groups excluding carboxylic acids is 2. The van der Waals surface area contributed by atoms with Gasteiger partial charge in [-0.05, 0) is 0 Å². The average molecular weight is 226 g/mol. The van der Waals surface area contributed by atoms with Crippen molar-refractivity contribution in [3.63, 3.8) is 0 Å². The number of ether oxygens (including phenoxy) is 1. The van der Waals surface area contributed by atoms with Gasteiger partial charge < -0.3 is 15.0 Å². The molecule has 0 aliphatic carbocycles. The number of hydrogen-bond acceptors (Lipinski definition) is 3. The second-order valence-corrected chi connectivity index (χ2v) is 3.04. The van der Waals surface area contributed by atoms with Crippen LogP contribution in [0.3, 0.4) is 0 Å². The molecule has 0 aromatic heterocycles. The van der Waals surface area contributed by atoms with Crippen molar-refractivity contribution in [2.45, 2.75) is 0 Å². The van der Waals surface area contributed by atoms with Crippen molar-refractivity contribution >= 4 is 11.8 Å². The molecule has 0 aliphatic rings. The van der Waals surface area contributed by atoms with Crippen LogP contribution in [0.15, 0.2) is 25.3 Å². The predicted molar refractivity (Wildman–Crippen MR) is 61.9 cm³/mol. The van der Waals surface area contributed by atoms with Crippen molar-refractivity contribution in [2.75, 3.05) is 33.4 Å². The van der Waals surface area contributed by atoms with Gasteiger partial charge in [0, 0.05) is 26.7 Å². The highest BCUT2D eigenvalue weighted by molar-refractivity contribution is 6.35. The van der Waals surface area contributed by atoms with Gasteiger partial charge in [-0.3, -0.25) is 9.59 Å². The highest BCUT2D eigenvalue weighted by atomic mass is 16.5. The molecule has 2 amide bonds. The maximum atomic E-state index is 11.6. The zero-order valence-electron chi connectivity index (χ0n) is 9.57. The van der Waals surface area contributed by atoms with Crippen molar-refractivity contribution in [1.82, 2.24) is 10.2 Å². The molecule has 5 nitrogen and oxygen atoms in total. The zero-order valence-corrected chi connectivity index (χ0v) is 9.57. The minimum atomic E-state index is -0.638. The molecule has 0 bridgehead atoms. The summed E-state index contributed by atoms with van der Waals surface area (Å²) in [5, 5.41) is 2.46. The molecule has 90 valence electrons. The molecule has 0 rings (SSSR count). The number of carbonyl (C=O) groups is 2. The molecule has 0 atom stereocenters. The molecular formula is C11H18N2O3. The first kappa shape index (κ1) is 14.4. The van der Waals surface area contributed by atoms with Crippen LogP contribution in [0.1, 0.15) is 0 Å². The van der Waals surface area contributed by atoms with E-state index in [4.69, 9.17) is 4.74 Å². The number of hydrogen-bond donors (Lipinski definition) is 1. The summed E-state index contributed by atoms with van der Waals surface area (Å²) in [6.07, 6.45) is 3.12. The van der Waals surface area contributed by atoms with E-state index in [1.54, 1.807) is 12.2 Å². The normalized spacial score (nSPS) is 9.31. The van der Waals surface area contributed by atoms with Gasteiger partial charge in [0.15, 0.2) is 0 Å². The second kappa shape index (κ2) is 8.67. The van der Waals surface area contributed by atoms with E-state index in [0.29, 0.717) is 26.2 Å². The van der Waals surface area contributed by atoms with Crippen LogP contribution in [0, 0.1) is 0 Å². The minimum absolute atomic E-state index is 0.317. The average Bonchev–Trinajstić information content (AvgIpc) is 2.28. The fourth-order valence-electron chi connectivity index (χ4n) is 1.04. The third kappa shape index (κ3) is 5.31. The van der Waals surface area contributed by atoms with Crippen LogP contribution < -0.4 is 5.32 Å². The first-order valence-electron chi connectivity index (χ1n) is 4.95. The third-order valence-electron chi connectivity index (χ3n) is 1.77. The largest absolute Gasteiger partial charge is 0.383 e. The number of rotatable bonds is 7. The summed E-state index contributed by atoms with van der Waals surface area (Å²) in [5.41, 5.74) is 0. The van der Waals surface area contributed by atoms with E-state index in [0.717, 1.165) is 0 Å². The Labute approximate surface area is 95.8 Å². The van der Waals surface area contributed by atoms with Crippen molar-refractivity contribution in [2.24, 2.45) is 0 Å². The smallest absolute Gasteiger partial charge is 0.312 e. The van der Waals surface area contributed by atoms with Gasteiger partial charge in [0.05, 0.1) is 6.61 Å². The van der Waals surface area contributed by atoms with E-state index in [-0.39, 0.29) is 0 Å². The molecule has 16 heavy (non-hydrogen) atoms. The summed E-state index contributed by atoms with van der Waals surface area (Å²) in [5.74, 6) is -1.23. The quantitative estimate of drug-likeness (QED) is 0.376. The molecule has 0 unspecified atom stereocenters. The first-order valence-corrected chi connectivity index (χ1v) is 4.95. The van der Waals surface area contributed by atoms with E-state index in [1.165, 1.54) is 12.0 Å². The Balaban J connectivity index is 4.19. The van der Waals surface area contributed by atoms with Crippen LogP contribution in [-0.4, -0.2) is 50.1 Å². The number of methoxy groups -OCH3 is 1. The maximum absolute atomic E-state index is 11.6. The van der Waals surface area contributed by atoms with E-state index >= 15 is 0 Å². The SMILES string of the molecule is C=CCN(CC=C)C(=O)C(=O)NCCOC. The van der Waals surface area contributed by atoms with Gasteiger partial charge in [-0.2, -0.15) is 0 Å². The van der Waals surface area contributed by atoms with Crippen LogP contribution in [0.4, 0.5) is 0 Å². The summed E-state index contributed by atoms with van der Waals surface area (Å²) in [6, 6.07) is 0. The summed E-state index contributed by atoms with van der Waals surface area (Å²) >= 11 is 0. The van der Waals surface area contributed by atoms with Gasteiger partial charge in [0.25, 0.3) is 0 Å². The molecule has 0 aromatic carbocycles. The van der Waals surface area contributed by atoms with Gasteiger partial charge in [-0.1, -0.05) is 12.2 Å². The maximum Gasteiger partial charge on any atom is 0.312 e. The fourth-order valence-corrected chi connectivity index (χ4v) is 1.04. The molecule has 0 spiro atoms. The molecule has 0 aromatic rings. The molecule has 0 saturated heterocycles. The number of nitrogens with zero attached hydrogens (tertiary/aromatic N) is 1. The van der Waals surface area contributed by atoms with E-state index in [2.05, 4.69) is 18.5 Å². The fraction of sp³-hybridized carbons (Fsp3) is 0.455. The lowest BCUT2D eigenvalue weighted by Crippen LogP contribution is -2.44. The lowest BCUT2D eigenvalue weighted by Gasteiger charge is -2.18. The van der Waals surface area contributed by atoms with Crippen molar-refractivity contribution < 1.29 is 14.3 Å². The van der Waals surface area contributed by atoms with E-state index in [1.807, 2.05) is 0 Å². The molecule has 5 heteroatoms. The van der Waals surface area contributed by atoms with Crippen LogP contribution in [0.25, 0.3) is 0 Å². The van der Waals surface area contributed by atoms with Crippen LogP contribution in [0.5, 0.6) is 0 Å². The third-order valence-corrected chi connectivity index (χ3v) is 1.77. The Kier molecular flexibility index (Phi) is 7.79. The highest BCUT2D eigenvalue weighted by Gasteiger charge is 2.18. The Bertz CT molecular complexity index is 254. The second-order valence-electron chi connectivity index (χ2n) is 3.04. The Morgan fingerprint density at radius 3 is 2.31 bits per heavy atom. The van der Waals surface area contributed by atoms with Crippen LogP contribution in [-0.2, 0) is 14.3 Å². The Morgan fingerprint density at radius 2 is 1.88 bits per heavy atom. The Hall–Kier alpha value is -1.62. The summed E-state index contributed by atoms with van der Waals surface area (Å²) in [7, 11) is 1.52. The van der Waals surface area contributed by atoms with Crippen molar-refractivity contribution in [3.05, 3.63) is 25.3 Å². The first-order chi connectivity index (χ1) is 7.67. The van der Waals surface area contributed by atoms with Gasteiger partial charge in [0.2, 0.25) is 0 Å². The van der Waals surface area contributed by atoms with Crippen LogP contribution >= 0.6 is 0 Å². The lowest BCUT2D eigenvalue weighted by atomic mass is 10.4. The minimum Gasteiger partial charge on any atom is -0.383 e. The highest BCUT2D eigenvalue weighted by Crippen LogP contribution is 1.91. The number of nitrogens with one attached hydrogen (secondary N) is 1. The summed E-state index contributed by atoms with van der Waals surface area (Å²) in [4.78, 5) is 24.3. The van der Waals surface area contributed by atoms with Crippen molar-refractivity contribution in [3.8, 4) is 0 Å². The molecule has 0 saturated carbocycles. The Morgan fingerprint density at radius 1 is 1.31 bits per heavy atom. The van der Waals surface area contributed by atoms with E-state index in [9.17, 15) is 9.59 Å². The monoisotopic (exact) mass is 226 g/mol. The van der Waals surface area contributed by atoms with Crippen molar-refractivity contribution in [1.29, 1.82) is 0 Å². The van der Waals surface area contributed by atoms with Gasteiger partial charge in [0.1, 0.15) is 0 Å². The molecule has 0 aliphatic heterocycles. The van der Waals surface area contributed by atoms with Crippen LogP contribution in [0.2, 0.25) is 0 Å². The summed E-state index contributed by atoms with van der Waals surface area (Å²) in [6.45, 7) is 8.38. The molecular weight excluding hydrogens is 208 g/mol. The molecule has 0 fully saturated rings. The standard InChI is InChI=1S/C11H18N2O3/c1-4-7-13(8-5-2)11(15)10(14)12-6-9-16-3/h4-5H,1-2,6-9H2,3H3,(H,12,14). The van der Waals surface area contributed by atoms with Gasteiger partial charge in [-0.25, -0.2) is 0 Å². The predicted octanol–water partition coefficient (Wildman–Crippen LogP) is -0.0504. The molecule has 0 heterocycles. The topological polar surface area (TPSA) is 58.6 Å².